The van der Waals surface area contributed by atoms with Crippen LogP contribution in [-0.2, 0) is 6.42 Å². The molecule has 0 aliphatic rings. The predicted molar refractivity (Wildman–Crippen MR) is 79.9 cm³/mol. The molecule has 0 N–H and O–H groups in total. The fraction of sp³-hybridized carbons (Fsp3) is 0.111. The van der Waals surface area contributed by atoms with Crippen molar-refractivity contribution in [2.75, 3.05) is 7.11 Å². The van der Waals surface area contributed by atoms with Gasteiger partial charge in [-0.15, -0.1) is 0 Å². The molecular weight excluding hydrogens is 248 g/mol. The molecule has 0 saturated heterocycles. The van der Waals surface area contributed by atoms with Gasteiger partial charge in [0.2, 0.25) is 0 Å². The second-order valence-corrected chi connectivity index (χ2v) is 4.66. The van der Waals surface area contributed by atoms with Crippen LogP contribution in [0.4, 0.5) is 0 Å². The topological polar surface area (TPSA) is 22.4 Å². The summed E-state index contributed by atoms with van der Waals surface area (Å²) < 4.78 is 11.1. The molecule has 1 heterocycles. The van der Waals surface area contributed by atoms with Gasteiger partial charge in [0.25, 0.3) is 0 Å². The summed E-state index contributed by atoms with van der Waals surface area (Å²) in [6.07, 6.45) is 0.816. The van der Waals surface area contributed by atoms with E-state index < -0.39 is 0 Å². The van der Waals surface area contributed by atoms with Gasteiger partial charge in [-0.1, -0.05) is 30.3 Å². The molecule has 0 aliphatic carbocycles. The lowest BCUT2D eigenvalue weighted by molar-refractivity contribution is 0.415. The van der Waals surface area contributed by atoms with Crippen molar-refractivity contribution in [3.05, 3.63) is 78.1 Å². The highest BCUT2D eigenvalue weighted by molar-refractivity contribution is 5.58. The number of ether oxygens (including phenoxy) is 1. The van der Waals surface area contributed by atoms with E-state index in [9.17, 15) is 0 Å². The molecule has 0 saturated carbocycles. The molecule has 0 amide bonds. The number of rotatable bonds is 4. The van der Waals surface area contributed by atoms with Crippen LogP contribution in [0, 0.1) is 0 Å². The van der Waals surface area contributed by atoms with E-state index >= 15 is 0 Å². The fourth-order valence-electron chi connectivity index (χ4n) is 2.18. The van der Waals surface area contributed by atoms with Crippen LogP contribution in [-0.4, -0.2) is 7.11 Å². The number of hydrogen-bond donors (Lipinski definition) is 0. The largest absolute Gasteiger partial charge is 0.497 e. The lowest BCUT2D eigenvalue weighted by Crippen LogP contribution is -1.84. The highest BCUT2D eigenvalue weighted by Gasteiger charge is 2.05. The molecule has 2 heteroatoms. The third-order valence-electron chi connectivity index (χ3n) is 3.26. The SMILES string of the molecule is COc1ccc(-c2ccc(Cc3ccccc3)o2)cc1. The van der Waals surface area contributed by atoms with Crippen LogP contribution in [0.5, 0.6) is 5.75 Å². The van der Waals surface area contributed by atoms with E-state index in [2.05, 4.69) is 12.1 Å². The highest BCUT2D eigenvalue weighted by atomic mass is 16.5. The van der Waals surface area contributed by atoms with Gasteiger partial charge in [-0.2, -0.15) is 0 Å². The first-order chi connectivity index (χ1) is 9.85. The van der Waals surface area contributed by atoms with Crippen molar-refractivity contribution in [1.29, 1.82) is 0 Å². The molecule has 3 rings (SSSR count). The monoisotopic (exact) mass is 264 g/mol. The summed E-state index contributed by atoms with van der Waals surface area (Å²) in [5.74, 6) is 2.71. The Labute approximate surface area is 118 Å². The number of benzene rings is 2. The van der Waals surface area contributed by atoms with E-state index in [-0.39, 0.29) is 0 Å². The highest BCUT2D eigenvalue weighted by Crippen LogP contribution is 2.25. The number of methoxy groups -OCH3 is 1. The van der Waals surface area contributed by atoms with E-state index in [1.54, 1.807) is 7.11 Å². The molecule has 20 heavy (non-hydrogen) atoms. The molecule has 2 nitrogen and oxygen atoms in total. The van der Waals surface area contributed by atoms with E-state index in [0.29, 0.717) is 0 Å². The van der Waals surface area contributed by atoms with Crippen LogP contribution >= 0.6 is 0 Å². The van der Waals surface area contributed by atoms with Gasteiger partial charge in [-0.05, 0) is 42.0 Å². The van der Waals surface area contributed by atoms with Crippen molar-refractivity contribution in [3.8, 4) is 17.1 Å². The van der Waals surface area contributed by atoms with Crippen LogP contribution in [0.1, 0.15) is 11.3 Å². The summed E-state index contributed by atoms with van der Waals surface area (Å²) in [4.78, 5) is 0. The maximum atomic E-state index is 5.91. The van der Waals surface area contributed by atoms with Gasteiger partial charge >= 0.3 is 0 Å². The van der Waals surface area contributed by atoms with Crippen LogP contribution < -0.4 is 4.74 Å². The van der Waals surface area contributed by atoms with E-state index in [0.717, 1.165) is 29.3 Å². The molecular formula is C18H16O2. The van der Waals surface area contributed by atoms with Crippen molar-refractivity contribution in [2.45, 2.75) is 6.42 Å². The third-order valence-corrected chi connectivity index (χ3v) is 3.26. The Hall–Kier alpha value is -2.48. The fourth-order valence-corrected chi connectivity index (χ4v) is 2.18. The smallest absolute Gasteiger partial charge is 0.134 e. The molecule has 0 fully saturated rings. The zero-order chi connectivity index (χ0) is 13.8. The van der Waals surface area contributed by atoms with Gasteiger partial charge in [0.1, 0.15) is 17.3 Å². The third kappa shape index (κ3) is 2.75. The van der Waals surface area contributed by atoms with E-state index in [4.69, 9.17) is 9.15 Å². The lowest BCUT2D eigenvalue weighted by atomic mass is 10.1. The quantitative estimate of drug-likeness (QED) is 0.690. The zero-order valence-electron chi connectivity index (χ0n) is 11.4. The Kier molecular flexibility index (Phi) is 3.55. The first kappa shape index (κ1) is 12.5. The summed E-state index contributed by atoms with van der Waals surface area (Å²) in [5.41, 5.74) is 2.31. The van der Waals surface area contributed by atoms with Crippen LogP contribution in [0.2, 0.25) is 0 Å². The second kappa shape index (κ2) is 5.66. The van der Waals surface area contributed by atoms with Crippen molar-refractivity contribution in [1.82, 2.24) is 0 Å². The summed E-state index contributed by atoms with van der Waals surface area (Å²) in [6.45, 7) is 0. The molecule has 0 radical (unpaired) electrons. The second-order valence-electron chi connectivity index (χ2n) is 4.66. The van der Waals surface area contributed by atoms with Gasteiger partial charge in [-0.25, -0.2) is 0 Å². The summed E-state index contributed by atoms with van der Waals surface area (Å²) in [7, 11) is 1.67. The Bertz CT molecular complexity index is 666. The Balaban J connectivity index is 1.79. The molecule has 0 atom stereocenters. The van der Waals surface area contributed by atoms with Crippen LogP contribution in [0.3, 0.4) is 0 Å². The van der Waals surface area contributed by atoms with Crippen LogP contribution in [0.15, 0.2) is 71.1 Å². The minimum absolute atomic E-state index is 0.816. The van der Waals surface area contributed by atoms with Crippen LogP contribution in [0.25, 0.3) is 11.3 Å². The molecule has 0 unspecified atom stereocenters. The molecule has 2 aromatic carbocycles. The molecule has 100 valence electrons. The summed E-state index contributed by atoms with van der Waals surface area (Å²) in [5, 5.41) is 0. The maximum absolute atomic E-state index is 5.91. The Morgan fingerprint density at radius 1 is 0.850 bits per heavy atom. The van der Waals surface area contributed by atoms with Crippen molar-refractivity contribution in [2.24, 2.45) is 0 Å². The molecule has 1 aromatic heterocycles. The molecule has 0 aliphatic heterocycles. The van der Waals surface area contributed by atoms with E-state index in [1.807, 2.05) is 54.6 Å². The van der Waals surface area contributed by atoms with Gasteiger partial charge in [0.05, 0.1) is 7.11 Å². The van der Waals surface area contributed by atoms with Crippen molar-refractivity contribution >= 4 is 0 Å². The Morgan fingerprint density at radius 2 is 1.60 bits per heavy atom. The Morgan fingerprint density at radius 3 is 2.30 bits per heavy atom. The summed E-state index contributed by atoms with van der Waals surface area (Å²) >= 11 is 0. The van der Waals surface area contributed by atoms with Gasteiger partial charge in [0, 0.05) is 12.0 Å². The maximum Gasteiger partial charge on any atom is 0.134 e. The molecule has 3 aromatic rings. The first-order valence-electron chi connectivity index (χ1n) is 6.62. The van der Waals surface area contributed by atoms with Crippen molar-refractivity contribution < 1.29 is 9.15 Å². The standard InChI is InChI=1S/C18H16O2/c1-19-16-9-7-15(8-10-16)18-12-11-17(20-18)13-14-5-3-2-4-6-14/h2-12H,13H2,1H3. The summed E-state index contributed by atoms with van der Waals surface area (Å²) in [6, 6.07) is 22.3. The van der Waals surface area contributed by atoms with Gasteiger partial charge < -0.3 is 9.15 Å². The normalized spacial score (nSPS) is 10.4. The lowest BCUT2D eigenvalue weighted by Gasteiger charge is -2.01. The predicted octanol–water partition coefficient (Wildman–Crippen LogP) is 4.55. The number of hydrogen-bond acceptors (Lipinski definition) is 2. The van der Waals surface area contributed by atoms with Gasteiger partial charge in [0.15, 0.2) is 0 Å². The van der Waals surface area contributed by atoms with E-state index in [1.165, 1.54) is 5.56 Å². The molecule has 0 bridgehead atoms. The zero-order valence-corrected chi connectivity index (χ0v) is 11.4. The first-order valence-corrected chi connectivity index (χ1v) is 6.62. The molecule has 0 spiro atoms. The average molecular weight is 264 g/mol. The number of furan rings is 1. The van der Waals surface area contributed by atoms with Crippen molar-refractivity contribution in [3.63, 3.8) is 0 Å². The van der Waals surface area contributed by atoms with Gasteiger partial charge in [-0.3, -0.25) is 0 Å². The minimum Gasteiger partial charge on any atom is -0.497 e. The average Bonchev–Trinajstić information content (AvgIpc) is 2.97. The minimum atomic E-state index is 0.816.